The van der Waals surface area contributed by atoms with Gasteiger partial charge in [-0.1, -0.05) is 0 Å². The first kappa shape index (κ1) is 20.1. The molecule has 0 unspecified atom stereocenters. The summed E-state index contributed by atoms with van der Waals surface area (Å²) >= 11 is 0. The van der Waals surface area contributed by atoms with Gasteiger partial charge in [-0.3, -0.25) is 0 Å². The third-order valence-corrected chi connectivity index (χ3v) is 2.13. The van der Waals surface area contributed by atoms with Crippen LogP contribution in [0.3, 0.4) is 0 Å². The van der Waals surface area contributed by atoms with Crippen molar-refractivity contribution in [1.82, 2.24) is 4.91 Å². The first-order valence-electron chi connectivity index (χ1n) is 6.94. The molecule has 0 heterocycles. The molecule has 0 aromatic heterocycles. The third-order valence-electron chi connectivity index (χ3n) is 2.13. The van der Waals surface area contributed by atoms with Crippen LogP contribution in [0.25, 0.3) is 0 Å². The topological polar surface area (TPSA) is 117 Å². The summed E-state index contributed by atoms with van der Waals surface area (Å²) in [5.74, 6) is 0. The minimum absolute atomic E-state index is 0.0322. The van der Waals surface area contributed by atoms with Crippen LogP contribution in [0.4, 0.5) is 0 Å². The Bertz CT molecular complexity index is 251. The van der Waals surface area contributed by atoms with Crippen LogP contribution in [0, 0.1) is 5.53 Å². The molecule has 0 spiro atoms. The van der Waals surface area contributed by atoms with Crippen LogP contribution in [-0.4, -0.2) is 84.3 Å². The summed E-state index contributed by atoms with van der Waals surface area (Å²) in [6.45, 7) is 5.23. The highest BCUT2D eigenvalue weighted by atomic mass is 16.6. The molecule has 9 heteroatoms. The molecule has 0 atom stereocenters. The van der Waals surface area contributed by atoms with Crippen LogP contribution in [-0.2, 0) is 23.7 Å². The van der Waals surface area contributed by atoms with Gasteiger partial charge in [-0.2, -0.15) is 0 Å². The smallest absolute Gasteiger partial charge is 0.214 e. The largest absolute Gasteiger partial charge is 0.394 e. The number of nitrogens with one attached hydrogen (secondary N) is 1. The molecule has 0 saturated carbocycles. The van der Waals surface area contributed by atoms with Gasteiger partial charge in [0.25, 0.3) is 0 Å². The number of ether oxygens (including phenoxy) is 5. The normalized spacial score (nSPS) is 10.5. The fourth-order valence-electron chi connectivity index (χ4n) is 1.20. The van der Waals surface area contributed by atoms with Crippen molar-refractivity contribution in [3.8, 4) is 0 Å². The van der Waals surface area contributed by atoms with E-state index in [0.717, 1.165) is 0 Å². The molecule has 0 bridgehead atoms. The molecular weight excluding hydrogens is 282 g/mol. The monoisotopic (exact) mass is 308 g/mol. The van der Waals surface area contributed by atoms with Crippen molar-refractivity contribution in [3.63, 3.8) is 0 Å². The highest BCUT2D eigenvalue weighted by molar-refractivity contribution is 4.37. The minimum atomic E-state index is 0.0322. The summed E-state index contributed by atoms with van der Waals surface area (Å²) in [6, 6.07) is 0. The zero-order valence-electron chi connectivity index (χ0n) is 12.4. The second-order valence-electron chi connectivity index (χ2n) is 3.75. The van der Waals surface area contributed by atoms with Crippen molar-refractivity contribution in [2.75, 3.05) is 79.2 Å². The van der Waals surface area contributed by atoms with Crippen LogP contribution >= 0.6 is 0 Å². The fraction of sp³-hybridized carbons (Fsp3) is 1.00. The highest BCUT2D eigenvalue weighted by Crippen LogP contribution is 1.83. The Labute approximate surface area is 124 Å². The van der Waals surface area contributed by atoms with Crippen molar-refractivity contribution >= 4 is 0 Å². The zero-order valence-corrected chi connectivity index (χ0v) is 12.4. The van der Waals surface area contributed by atoms with Gasteiger partial charge in [0.15, 0.2) is 0 Å². The van der Waals surface area contributed by atoms with E-state index in [1.165, 1.54) is 0 Å². The van der Waals surface area contributed by atoms with Crippen LogP contribution in [0.1, 0.15) is 0 Å². The summed E-state index contributed by atoms with van der Waals surface area (Å²) in [5.41, 5.74) is 6.43. The average molecular weight is 308 g/mol. The number of aliphatic hydroxyl groups excluding tert-OH is 1. The van der Waals surface area contributed by atoms with Gasteiger partial charge in [0.1, 0.15) is 17.2 Å². The average Bonchev–Trinajstić information content (AvgIpc) is 2.50. The molecule has 0 aromatic rings. The molecule has 0 aromatic carbocycles. The van der Waals surface area contributed by atoms with E-state index in [4.69, 9.17) is 34.3 Å². The molecule has 21 heavy (non-hydrogen) atoms. The molecule has 124 valence electrons. The lowest BCUT2D eigenvalue weighted by Gasteiger charge is -2.07. The van der Waals surface area contributed by atoms with Crippen LogP contribution in [0.5, 0.6) is 0 Å². The lowest BCUT2D eigenvalue weighted by molar-refractivity contribution is -0.0128. The minimum Gasteiger partial charge on any atom is -0.394 e. The first-order chi connectivity index (χ1) is 10.4. The number of aliphatic hydroxyl groups is 1. The molecule has 0 rings (SSSR count). The zero-order chi connectivity index (χ0) is 15.4. The Morgan fingerprint density at radius 2 is 1.05 bits per heavy atom. The Kier molecular flexibility index (Phi) is 18.2. The van der Waals surface area contributed by atoms with E-state index < -0.39 is 0 Å². The lowest BCUT2D eigenvalue weighted by atomic mass is 10.6. The lowest BCUT2D eigenvalue weighted by Crippen LogP contribution is -2.14. The number of hydrogen-bond donors (Lipinski definition) is 2. The highest BCUT2D eigenvalue weighted by Gasteiger charge is 1.93. The van der Waals surface area contributed by atoms with E-state index >= 15 is 0 Å². The SMILES string of the molecule is N=[N+]=NCCOCCOCCOCCOCCOCCO. The van der Waals surface area contributed by atoms with E-state index in [0.29, 0.717) is 72.6 Å². The van der Waals surface area contributed by atoms with Gasteiger partial charge >= 0.3 is 0 Å². The molecular formula is C12H26N3O6+. The van der Waals surface area contributed by atoms with Crippen molar-refractivity contribution in [2.45, 2.75) is 0 Å². The Balaban J connectivity index is 2.94. The quantitative estimate of drug-likeness (QED) is 0.215. The summed E-state index contributed by atoms with van der Waals surface area (Å²) in [6.07, 6.45) is 0. The van der Waals surface area contributed by atoms with Gasteiger partial charge in [0, 0.05) is 0 Å². The maximum atomic E-state index is 8.47. The summed E-state index contributed by atoms with van der Waals surface area (Å²) in [4.78, 5) is 2.86. The second kappa shape index (κ2) is 19.1. The van der Waals surface area contributed by atoms with Crippen LogP contribution in [0.15, 0.2) is 5.11 Å². The van der Waals surface area contributed by atoms with E-state index in [1.807, 2.05) is 0 Å². The van der Waals surface area contributed by atoms with E-state index in [-0.39, 0.29) is 6.61 Å². The van der Waals surface area contributed by atoms with Crippen molar-refractivity contribution in [2.24, 2.45) is 5.11 Å². The molecule has 0 aliphatic heterocycles. The van der Waals surface area contributed by atoms with Crippen molar-refractivity contribution < 1.29 is 28.8 Å². The number of hydrogen-bond acceptors (Lipinski definition) is 8. The maximum absolute atomic E-state index is 8.47. The molecule has 2 N–H and O–H groups in total. The molecule has 0 radical (unpaired) electrons. The Morgan fingerprint density at radius 1 is 0.667 bits per heavy atom. The molecule has 0 aliphatic carbocycles. The standard InChI is InChI=1S/C12H26N3O6/c13-15-14-1-3-17-5-7-19-9-11-21-12-10-20-8-6-18-4-2-16/h13,16H,1-12H2/q+1. The number of nitrogens with zero attached hydrogens (tertiary/aromatic N) is 2. The van der Waals surface area contributed by atoms with Gasteiger partial charge in [-0.25, -0.2) is 0 Å². The molecule has 0 amide bonds. The third kappa shape index (κ3) is 19.1. The van der Waals surface area contributed by atoms with Gasteiger partial charge in [0.05, 0.1) is 72.7 Å². The maximum Gasteiger partial charge on any atom is 0.214 e. The van der Waals surface area contributed by atoms with Gasteiger partial charge in [-0.05, 0) is 0 Å². The molecule has 0 fully saturated rings. The first-order valence-corrected chi connectivity index (χ1v) is 6.94. The van der Waals surface area contributed by atoms with Crippen LogP contribution < -0.4 is 4.91 Å². The summed E-state index contributed by atoms with van der Waals surface area (Å²) in [5, 5.41) is 11.9. The Morgan fingerprint density at radius 3 is 1.43 bits per heavy atom. The fourth-order valence-corrected chi connectivity index (χ4v) is 1.20. The van der Waals surface area contributed by atoms with Crippen molar-refractivity contribution in [3.05, 3.63) is 0 Å². The van der Waals surface area contributed by atoms with Gasteiger partial charge in [0.2, 0.25) is 4.91 Å². The second-order valence-corrected chi connectivity index (χ2v) is 3.75. The molecule has 0 aliphatic rings. The Hall–Kier alpha value is -0.930. The summed E-state index contributed by atoms with van der Waals surface area (Å²) < 4.78 is 26.1. The summed E-state index contributed by atoms with van der Waals surface area (Å²) in [7, 11) is 0. The van der Waals surface area contributed by atoms with Gasteiger partial charge < -0.3 is 28.8 Å². The molecule has 0 saturated heterocycles. The number of rotatable bonds is 17. The van der Waals surface area contributed by atoms with Crippen molar-refractivity contribution in [1.29, 1.82) is 5.53 Å². The van der Waals surface area contributed by atoms with E-state index in [2.05, 4.69) is 10.0 Å². The van der Waals surface area contributed by atoms with E-state index in [9.17, 15) is 0 Å². The van der Waals surface area contributed by atoms with Gasteiger partial charge in [-0.15, -0.1) is 0 Å². The molecule has 9 nitrogen and oxygen atoms in total. The van der Waals surface area contributed by atoms with E-state index in [1.54, 1.807) is 0 Å². The predicted molar refractivity (Wildman–Crippen MR) is 73.3 cm³/mol. The van der Waals surface area contributed by atoms with Crippen LogP contribution in [0.2, 0.25) is 0 Å². The predicted octanol–water partition coefficient (Wildman–Crippen LogP) is -0.388.